The van der Waals surface area contributed by atoms with Crippen LogP contribution in [0.5, 0.6) is 0 Å². The van der Waals surface area contributed by atoms with Crippen LogP contribution >= 0.6 is 36.2 Å². The van der Waals surface area contributed by atoms with Crippen LogP contribution in [0.2, 0.25) is 0 Å². The SMILES string of the molecule is Cc1nc(CN(C)C(=O)Cc2ccc(N)cc2)cs1.Cl.Cl. The highest BCUT2D eigenvalue weighted by molar-refractivity contribution is 7.09. The number of thiazole rings is 1. The fourth-order valence-electron chi connectivity index (χ4n) is 1.76. The molecule has 1 aromatic carbocycles. The van der Waals surface area contributed by atoms with E-state index in [1.807, 2.05) is 36.6 Å². The predicted molar refractivity (Wildman–Crippen MR) is 92.4 cm³/mol. The van der Waals surface area contributed by atoms with E-state index in [1.54, 1.807) is 23.3 Å². The van der Waals surface area contributed by atoms with E-state index in [0.29, 0.717) is 18.7 Å². The number of hydrogen-bond donors (Lipinski definition) is 1. The summed E-state index contributed by atoms with van der Waals surface area (Å²) in [6.45, 7) is 2.52. The van der Waals surface area contributed by atoms with Crippen molar-refractivity contribution in [2.24, 2.45) is 0 Å². The van der Waals surface area contributed by atoms with Gasteiger partial charge in [-0.2, -0.15) is 0 Å². The number of aromatic nitrogens is 1. The average molecular weight is 348 g/mol. The third-order valence-corrected chi connectivity index (χ3v) is 3.65. The normalized spacial score (nSPS) is 9.43. The zero-order chi connectivity index (χ0) is 13.8. The molecule has 0 unspecified atom stereocenters. The topological polar surface area (TPSA) is 59.2 Å². The van der Waals surface area contributed by atoms with Gasteiger partial charge in [0.05, 0.1) is 23.7 Å². The molecule has 2 rings (SSSR count). The first-order valence-corrected chi connectivity index (χ1v) is 6.92. The van der Waals surface area contributed by atoms with E-state index < -0.39 is 0 Å². The fourth-order valence-corrected chi connectivity index (χ4v) is 2.36. The van der Waals surface area contributed by atoms with Crippen LogP contribution in [-0.4, -0.2) is 22.8 Å². The molecular weight excluding hydrogens is 329 g/mol. The number of carbonyl (C=O) groups excluding carboxylic acids is 1. The maximum absolute atomic E-state index is 12.1. The van der Waals surface area contributed by atoms with Crippen molar-refractivity contribution in [2.45, 2.75) is 19.9 Å². The minimum atomic E-state index is 0. The van der Waals surface area contributed by atoms with Crippen molar-refractivity contribution < 1.29 is 4.79 Å². The van der Waals surface area contributed by atoms with Gasteiger partial charge < -0.3 is 10.6 Å². The van der Waals surface area contributed by atoms with E-state index in [-0.39, 0.29) is 30.7 Å². The Morgan fingerprint density at radius 1 is 1.29 bits per heavy atom. The van der Waals surface area contributed by atoms with Crippen LogP contribution in [0.3, 0.4) is 0 Å². The first kappa shape index (κ1) is 19.7. The van der Waals surface area contributed by atoms with Gasteiger partial charge in [-0.05, 0) is 24.6 Å². The number of nitrogens with two attached hydrogens (primary N) is 1. The van der Waals surface area contributed by atoms with Crippen LogP contribution in [0.4, 0.5) is 5.69 Å². The first-order valence-electron chi connectivity index (χ1n) is 6.04. The average Bonchev–Trinajstić information content (AvgIpc) is 2.77. The van der Waals surface area contributed by atoms with E-state index in [0.717, 1.165) is 16.3 Å². The van der Waals surface area contributed by atoms with Crippen molar-refractivity contribution in [3.8, 4) is 0 Å². The molecule has 0 fully saturated rings. The molecule has 0 saturated carbocycles. The molecule has 21 heavy (non-hydrogen) atoms. The van der Waals surface area contributed by atoms with Gasteiger partial charge in [0.15, 0.2) is 0 Å². The fraction of sp³-hybridized carbons (Fsp3) is 0.286. The van der Waals surface area contributed by atoms with E-state index in [4.69, 9.17) is 5.73 Å². The van der Waals surface area contributed by atoms with Crippen molar-refractivity contribution in [3.63, 3.8) is 0 Å². The Bertz CT molecular complexity index is 572. The summed E-state index contributed by atoms with van der Waals surface area (Å²) in [5, 5.41) is 3.01. The van der Waals surface area contributed by atoms with Crippen LogP contribution in [-0.2, 0) is 17.8 Å². The summed E-state index contributed by atoms with van der Waals surface area (Å²) in [5.41, 5.74) is 8.24. The largest absolute Gasteiger partial charge is 0.399 e. The second-order valence-electron chi connectivity index (χ2n) is 4.53. The standard InChI is InChI=1S/C14H17N3OS.2ClH/c1-10-16-13(9-19-10)8-17(2)14(18)7-11-3-5-12(15)6-4-11;;/h3-6,9H,7-8,15H2,1-2H3;2*1H. The highest BCUT2D eigenvalue weighted by atomic mass is 35.5. The Labute approximate surface area is 141 Å². The number of rotatable bonds is 4. The van der Waals surface area contributed by atoms with Crippen molar-refractivity contribution >= 4 is 47.7 Å². The molecule has 0 atom stereocenters. The molecule has 2 aromatic rings. The Balaban J connectivity index is 0.00000200. The molecule has 0 radical (unpaired) electrons. The molecule has 0 bridgehead atoms. The minimum Gasteiger partial charge on any atom is -0.399 e. The zero-order valence-electron chi connectivity index (χ0n) is 11.9. The molecule has 1 heterocycles. The van der Waals surface area contributed by atoms with Crippen LogP contribution in [0, 0.1) is 6.92 Å². The third-order valence-electron chi connectivity index (χ3n) is 2.83. The van der Waals surface area contributed by atoms with Crippen molar-refractivity contribution in [1.29, 1.82) is 0 Å². The minimum absolute atomic E-state index is 0. The maximum atomic E-state index is 12.1. The molecule has 0 spiro atoms. The molecule has 4 nitrogen and oxygen atoms in total. The van der Waals surface area contributed by atoms with Gasteiger partial charge in [-0.1, -0.05) is 12.1 Å². The van der Waals surface area contributed by atoms with Gasteiger partial charge in [0.25, 0.3) is 0 Å². The lowest BCUT2D eigenvalue weighted by molar-refractivity contribution is -0.129. The lowest BCUT2D eigenvalue weighted by Crippen LogP contribution is -2.27. The van der Waals surface area contributed by atoms with Gasteiger partial charge in [0.2, 0.25) is 5.91 Å². The maximum Gasteiger partial charge on any atom is 0.227 e. The highest BCUT2D eigenvalue weighted by Gasteiger charge is 2.11. The van der Waals surface area contributed by atoms with Crippen LogP contribution in [0.25, 0.3) is 0 Å². The number of nitrogens with zero attached hydrogens (tertiary/aromatic N) is 2. The van der Waals surface area contributed by atoms with E-state index in [2.05, 4.69) is 4.98 Å². The number of likely N-dealkylation sites (N-methyl/N-ethyl adjacent to an activating group) is 1. The Morgan fingerprint density at radius 3 is 2.43 bits per heavy atom. The van der Waals surface area contributed by atoms with Crippen LogP contribution < -0.4 is 5.73 Å². The number of carbonyl (C=O) groups is 1. The lowest BCUT2D eigenvalue weighted by Gasteiger charge is -2.16. The molecular formula is C14H19Cl2N3OS. The van der Waals surface area contributed by atoms with Gasteiger partial charge in [-0.15, -0.1) is 36.2 Å². The predicted octanol–water partition coefficient (Wildman–Crippen LogP) is 3.08. The Kier molecular flexibility index (Phi) is 8.32. The second-order valence-corrected chi connectivity index (χ2v) is 5.59. The number of halogens is 2. The summed E-state index contributed by atoms with van der Waals surface area (Å²) in [7, 11) is 1.80. The third kappa shape index (κ3) is 5.91. The van der Waals surface area contributed by atoms with E-state index in [1.165, 1.54) is 0 Å². The smallest absolute Gasteiger partial charge is 0.227 e. The van der Waals surface area contributed by atoms with Gasteiger partial charge in [-0.3, -0.25) is 4.79 Å². The summed E-state index contributed by atoms with van der Waals surface area (Å²) in [5.74, 6) is 0.0791. The molecule has 1 aromatic heterocycles. The van der Waals surface area contributed by atoms with Crippen molar-refractivity contribution in [2.75, 3.05) is 12.8 Å². The summed E-state index contributed by atoms with van der Waals surface area (Å²) >= 11 is 1.60. The quantitative estimate of drug-likeness (QED) is 0.864. The molecule has 116 valence electrons. The lowest BCUT2D eigenvalue weighted by atomic mass is 10.1. The number of aryl methyl sites for hydroxylation is 1. The van der Waals surface area contributed by atoms with Gasteiger partial charge in [0, 0.05) is 18.1 Å². The molecule has 0 aliphatic heterocycles. The Morgan fingerprint density at radius 2 is 1.90 bits per heavy atom. The summed E-state index contributed by atoms with van der Waals surface area (Å²) < 4.78 is 0. The molecule has 7 heteroatoms. The van der Waals surface area contributed by atoms with Gasteiger partial charge in [0.1, 0.15) is 0 Å². The number of amides is 1. The molecule has 0 saturated heterocycles. The van der Waals surface area contributed by atoms with E-state index in [9.17, 15) is 4.79 Å². The van der Waals surface area contributed by atoms with E-state index >= 15 is 0 Å². The zero-order valence-corrected chi connectivity index (χ0v) is 14.4. The second kappa shape index (κ2) is 8.87. The number of hydrogen-bond acceptors (Lipinski definition) is 4. The molecule has 0 aliphatic carbocycles. The Hall–Kier alpha value is -1.30. The summed E-state index contributed by atoms with van der Waals surface area (Å²) in [6, 6.07) is 7.39. The first-order chi connectivity index (χ1) is 9.04. The van der Waals surface area contributed by atoms with Gasteiger partial charge in [-0.25, -0.2) is 4.98 Å². The van der Waals surface area contributed by atoms with Crippen molar-refractivity contribution in [3.05, 3.63) is 45.9 Å². The molecule has 0 aliphatic rings. The van der Waals surface area contributed by atoms with Crippen LogP contribution in [0.15, 0.2) is 29.6 Å². The number of nitrogen functional groups attached to an aromatic ring is 1. The van der Waals surface area contributed by atoms with Crippen LogP contribution in [0.1, 0.15) is 16.3 Å². The summed E-state index contributed by atoms with van der Waals surface area (Å²) in [4.78, 5) is 18.1. The highest BCUT2D eigenvalue weighted by Crippen LogP contribution is 2.11. The molecule has 2 N–H and O–H groups in total. The number of benzene rings is 1. The summed E-state index contributed by atoms with van der Waals surface area (Å²) in [6.07, 6.45) is 0.389. The van der Waals surface area contributed by atoms with Gasteiger partial charge >= 0.3 is 0 Å². The van der Waals surface area contributed by atoms with Crippen molar-refractivity contribution in [1.82, 2.24) is 9.88 Å². The molecule has 1 amide bonds. The number of anilines is 1. The monoisotopic (exact) mass is 347 g/mol.